The third-order valence-electron chi connectivity index (χ3n) is 3.53. The molecule has 1 heterocycles. The first-order valence-corrected chi connectivity index (χ1v) is 10.1. The second-order valence-corrected chi connectivity index (χ2v) is 8.14. The maximum atomic E-state index is 12.6. The third kappa shape index (κ3) is 3.92. The highest BCUT2D eigenvalue weighted by Crippen LogP contribution is 2.31. The van der Waals surface area contributed by atoms with Gasteiger partial charge < -0.3 is 9.47 Å². The molecule has 0 spiro atoms. The van der Waals surface area contributed by atoms with Crippen molar-refractivity contribution in [3.63, 3.8) is 0 Å². The quantitative estimate of drug-likeness (QED) is 0.656. The minimum atomic E-state index is -3.81. The summed E-state index contributed by atoms with van der Waals surface area (Å²) in [6, 6.07) is 11.5. The van der Waals surface area contributed by atoms with E-state index in [4.69, 9.17) is 21.1 Å². The van der Waals surface area contributed by atoms with Gasteiger partial charge in [0.2, 0.25) is 0 Å². The van der Waals surface area contributed by atoms with E-state index in [1.807, 2.05) is 12.1 Å². The van der Waals surface area contributed by atoms with Gasteiger partial charge in [-0.25, -0.2) is 13.4 Å². The average molecular weight is 411 g/mol. The Hall–Kier alpha value is -2.29. The first-order chi connectivity index (χ1) is 12.4. The molecule has 3 aromatic rings. The smallest absolute Gasteiger partial charge is 0.263 e. The summed E-state index contributed by atoms with van der Waals surface area (Å²) in [5.74, 6) is 0.780. The number of thiazole rings is 1. The number of rotatable bonds is 6. The number of nitrogens with zero attached hydrogens (tertiary/aromatic N) is 1. The molecule has 136 valence electrons. The Morgan fingerprint density at radius 2 is 1.73 bits per heavy atom. The molecule has 2 aromatic carbocycles. The molecular formula is C17H15ClN2O4S2. The molecule has 0 atom stereocenters. The van der Waals surface area contributed by atoms with Crippen molar-refractivity contribution in [2.45, 2.75) is 4.90 Å². The molecule has 0 unspecified atom stereocenters. The molecule has 9 heteroatoms. The van der Waals surface area contributed by atoms with Gasteiger partial charge in [-0.3, -0.25) is 4.72 Å². The van der Waals surface area contributed by atoms with Crippen molar-refractivity contribution >= 4 is 38.1 Å². The minimum Gasteiger partial charge on any atom is -0.493 e. The first kappa shape index (κ1) is 18.5. The molecule has 0 saturated heterocycles. The molecule has 0 aliphatic carbocycles. The Bertz CT molecular complexity index is 1020. The monoisotopic (exact) mass is 410 g/mol. The molecule has 3 rings (SSSR count). The van der Waals surface area contributed by atoms with Crippen LogP contribution >= 0.6 is 22.9 Å². The molecule has 0 aliphatic rings. The highest BCUT2D eigenvalue weighted by atomic mass is 35.5. The zero-order valence-corrected chi connectivity index (χ0v) is 16.3. The zero-order valence-electron chi connectivity index (χ0n) is 13.9. The zero-order chi connectivity index (χ0) is 18.7. The second kappa shape index (κ2) is 7.53. The summed E-state index contributed by atoms with van der Waals surface area (Å²) in [6.07, 6.45) is 0. The van der Waals surface area contributed by atoms with E-state index in [9.17, 15) is 8.42 Å². The van der Waals surface area contributed by atoms with Crippen LogP contribution in [0.5, 0.6) is 11.5 Å². The van der Waals surface area contributed by atoms with E-state index < -0.39 is 10.0 Å². The van der Waals surface area contributed by atoms with Crippen molar-refractivity contribution in [1.29, 1.82) is 0 Å². The number of hydrogen-bond acceptors (Lipinski definition) is 6. The molecule has 26 heavy (non-hydrogen) atoms. The van der Waals surface area contributed by atoms with Gasteiger partial charge in [0, 0.05) is 22.0 Å². The van der Waals surface area contributed by atoms with Gasteiger partial charge in [0.1, 0.15) is 0 Å². The molecule has 0 radical (unpaired) electrons. The average Bonchev–Trinajstić information content (AvgIpc) is 3.09. The summed E-state index contributed by atoms with van der Waals surface area (Å²) in [5.41, 5.74) is 1.51. The summed E-state index contributed by atoms with van der Waals surface area (Å²) in [7, 11) is -0.876. The van der Waals surface area contributed by atoms with Gasteiger partial charge in [-0.1, -0.05) is 23.7 Å². The van der Waals surface area contributed by atoms with E-state index in [-0.39, 0.29) is 10.0 Å². The molecule has 0 aliphatic heterocycles. The van der Waals surface area contributed by atoms with Gasteiger partial charge >= 0.3 is 0 Å². The van der Waals surface area contributed by atoms with Gasteiger partial charge in [0.25, 0.3) is 10.0 Å². The largest absolute Gasteiger partial charge is 0.493 e. The number of sulfonamides is 1. The van der Waals surface area contributed by atoms with E-state index >= 15 is 0 Å². The summed E-state index contributed by atoms with van der Waals surface area (Å²) in [6.45, 7) is 0. The topological polar surface area (TPSA) is 77.5 Å². The van der Waals surface area contributed by atoms with Crippen molar-refractivity contribution in [3.05, 3.63) is 52.9 Å². The van der Waals surface area contributed by atoms with E-state index in [1.54, 1.807) is 17.5 Å². The predicted octanol–water partition coefficient (Wildman–Crippen LogP) is 4.28. The van der Waals surface area contributed by atoms with Crippen molar-refractivity contribution in [1.82, 2.24) is 4.98 Å². The van der Waals surface area contributed by atoms with Crippen LogP contribution in [0, 0.1) is 0 Å². The van der Waals surface area contributed by atoms with Crippen LogP contribution in [-0.2, 0) is 10.0 Å². The third-order valence-corrected chi connectivity index (χ3v) is 6.01. The fourth-order valence-corrected chi connectivity index (χ4v) is 4.34. The molecule has 6 nitrogen and oxygen atoms in total. The normalized spacial score (nSPS) is 11.2. The van der Waals surface area contributed by atoms with Crippen molar-refractivity contribution < 1.29 is 17.9 Å². The second-order valence-electron chi connectivity index (χ2n) is 5.17. The van der Waals surface area contributed by atoms with E-state index in [1.165, 1.54) is 43.8 Å². The highest BCUT2D eigenvalue weighted by Gasteiger charge is 2.19. The van der Waals surface area contributed by atoms with E-state index in [0.29, 0.717) is 22.2 Å². The van der Waals surface area contributed by atoms with Crippen molar-refractivity contribution in [2.24, 2.45) is 0 Å². The minimum absolute atomic E-state index is 0.0541. The summed E-state index contributed by atoms with van der Waals surface area (Å²) < 4.78 is 38.0. The highest BCUT2D eigenvalue weighted by molar-refractivity contribution is 7.93. The van der Waals surface area contributed by atoms with Crippen LogP contribution in [0.3, 0.4) is 0 Å². The number of anilines is 1. The van der Waals surface area contributed by atoms with Crippen LogP contribution in [0.1, 0.15) is 0 Å². The fraction of sp³-hybridized carbons (Fsp3) is 0.118. The molecule has 1 aromatic heterocycles. The Labute approximate surface area is 160 Å². The maximum absolute atomic E-state index is 12.6. The van der Waals surface area contributed by atoms with Gasteiger partial charge in [-0.15, -0.1) is 11.3 Å². The van der Waals surface area contributed by atoms with Crippen LogP contribution in [-0.4, -0.2) is 27.6 Å². The Balaban J connectivity index is 1.85. The van der Waals surface area contributed by atoms with Gasteiger partial charge in [-0.05, 0) is 24.3 Å². The lowest BCUT2D eigenvalue weighted by Crippen LogP contribution is -2.13. The summed E-state index contributed by atoms with van der Waals surface area (Å²) >= 11 is 7.07. The van der Waals surface area contributed by atoms with Crippen molar-refractivity contribution in [3.8, 4) is 22.8 Å². The number of hydrogen-bond donors (Lipinski definition) is 1. The number of halogens is 1. The lowest BCUT2D eigenvalue weighted by atomic mass is 10.2. The predicted molar refractivity (Wildman–Crippen MR) is 103 cm³/mol. The van der Waals surface area contributed by atoms with Crippen LogP contribution in [0.2, 0.25) is 5.02 Å². The molecule has 0 bridgehead atoms. The van der Waals surface area contributed by atoms with Crippen LogP contribution in [0.15, 0.2) is 52.7 Å². The lowest BCUT2D eigenvalue weighted by Gasteiger charge is -2.10. The maximum Gasteiger partial charge on any atom is 0.263 e. The number of methoxy groups -OCH3 is 2. The molecule has 0 amide bonds. The van der Waals surface area contributed by atoms with Crippen LogP contribution < -0.4 is 14.2 Å². The number of aromatic nitrogens is 1. The van der Waals surface area contributed by atoms with Gasteiger partial charge in [0.15, 0.2) is 16.6 Å². The molecule has 0 fully saturated rings. The van der Waals surface area contributed by atoms with E-state index in [2.05, 4.69) is 9.71 Å². The first-order valence-electron chi connectivity index (χ1n) is 7.39. The van der Waals surface area contributed by atoms with Gasteiger partial charge in [0.05, 0.1) is 24.8 Å². The van der Waals surface area contributed by atoms with E-state index in [0.717, 1.165) is 5.56 Å². The van der Waals surface area contributed by atoms with Crippen LogP contribution in [0.25, 0.3) is 11.3 Å². The van der Waals surface area contributed by atoms with Crippen molar-refractivity contribution in [2.75, 3.05) is 18.9 Å². The Morgan fingerprint density at radius 3 is 2.38 bits per heavy atom. The Kier molecular flexibility index (Phi) is 5.36. The number of nitrogens with one attached hydrogen (secondary N) is 1. The number of ether oxygens (including phenoxy) is 2. The number of benzene rings is 2. The summed E-state index contributed by atoms with van der Waals surface area (Å²) in [4.78, 5) is 4.38. The molecule has 1 N–H and O–H groups in total. The fourth-order valence-electron chi connectivity index (χ4n) is 2.23. The van der Waals surface area contributed by atoms with Crippen LogP contribution in [0.4, 0.5) is 5.13 Å². The summed E-state index contributed by atoms with van der Waals surface area (Å²) in [5, 5.41) is 2.67. The standard InChI is InChI=1S/C17H15ClN2O4S2/c1-23-15-8-7-13(9-16(15)24-2)26(21,22)20-17-19-14(10-25-17)11-3-5-12(18)6-4-11/h3-10H,1-2H3,(H,19,20). The SMILES string of the molecule is COc1ccc(S(=O)(=O)Nc2nc(-c3ccc(Cl)cc3)cs2)cc1OC. The lowest BCUT2D eigenvalue weighted by molar-refractivity contribution is 0.354. The Morgan fingerprint density at radius 1 is 1.04 bits per heavy atom. The molecule has 0 saturated carbocycles. The van der Waals surface area contributed by atoms with Gasteiger partial charge in [-0.2, -0.15) is 0 Å². The molecular weight excluding hydrogens is 396 g/mol.